The molecule has 1 fully saturated rings. The van der Waals surface area contributed by atoms with E-state index < -0.39 is 0 Å². The molecule has 2 nitrogen and oxygen atoms in total. The lowest BCUT2D eigenvalue weighted by Gasteiger charge is -2.39. The summed E-state index contributed by atoms with van der Waals surface area (Å²) in [6, 6.07) is 5.56. The van der Waals surface area contributed by atoms with Crippen LogP contribution in [-0.2, 0) is 0 Å². The Morgan fingerprint density at radius 2 is 2.21 bits per heavy atom. The van der Waals surface area contributed by atoms with Crippen molar-refractivity contribution in [3.05, 3.63) is 27.7 Å². The van der Waals surface area contributed by atoms with Crippen LogP contribution in [0.4, 0.5) is 0 Å². The third kappa shape index (κ3) is 2.05. The van der Waals surface area contributed by atoms with Crippen LogP contribution in [0.25, 0.3) is 0 Å². The lowest BCUT2D eigenvalue weighted by molar-refractivity contribution is 0.0341. The minimum absolute atomic E-state index is 0.0901. The molecule has 0 radical (unpaired) electrons. The Hall–Kier alpha value is -0.250. The highest BCUT2D eigenvalue weighted by atomic mass is 79.9. The summed E-state index contributed by atoms with van der Waals surface area (Å²) in [6.07, 6.45) is 0. The van der Waals surface area contributed by atoms with Crippen molar-refractivity contribution in [1.82, 2.24) is 5.32 Å². The molecule has 1 aromatic carbocycles. The maximum Gasteiger partial charge on any atom is 0.135 e. The molecule has 2 rings (SSSR count). The molecule has 0 aliphatic carbocycles. The van der Waals surface area contributed by atoms with Gasteiger partial charge in [-0.2, -0.15) is 0 Å². The lowest BCUT2D eigenvalue weighted by Crippen LogP contribution is -2.61. The standard InChI is InChI=1S/C10H11BrClNO/c1-10(5-13-6-10)14-9-4-7(12)2-3-8(9)11/h2-4,13H,5-6H2,1H3. The van der Waals surface area contributed by atoms with Crippen molar-refractivity contribution in [2.75, 3.05) is 13.1 Å². The van der Waals surface area contributed by atoms with Crippen LogP contribution < -0.4 is 10.1 Å². The van der Waals surface area contributed by atoms with Crippen molar-refractivity contribution in [2.24, 2.45) is 0 Å². The zero-order valence-electron chi connectivity index (χ0n) is 7.81. The summed E-state index contributed by atoms with van der Waals surface area (Å²) in [5, 5.41) is 3.88. The van der Waals surface area contributed by atoms with Gasteiger partial charge in [0.25, 0.3) is 0 Å². The van der Waals surface area contributed by atoms with Crippen LogP contribution >= 0.6 is 27.5 Å². The number of benzene rings is 1. The van der Waals surface area contributed by atoms with E-state index in [9.17, 15) is 0 Å². The van der Waals surface area contributed by atoms with Gasteiger partial charge in [-0.3, -0.25) is 0 Å². The molecule has 0 unspecified atom stereocenters. The van der Waals surface area contributed by atoms with Crippen LogP contribution in [0.5, 0.6) is 5.75 Å². The first-order valence-electron chi connectivity index (χ1n) is 4.44. The molecular formula is C10H11BrClNO. The number of hydrogen-bond acceptors (Lipinski definition) is 2. The second-order valence-corrected chi connectivity index (χ2v) is 5.02. The Bertz CT molecular complexity index is 352. The third-order valence-electron chi connectivity index (χ3n) is 2.25. The Labute approximate surface area is 96.7 Å². The van der Waals surface area contributed by atoms with Crippen LogP contribution in [-0.4, -0.2) is 18.7 Å². The van der Waals surface area contributed by atoms with E-state index in [1.807, 2.05) is 18.2 Å². The molecule has 0 saturated carbocycles. The maximum absolute atomic E-state index is 5.89. The van der Waals surface area contributed by atoms with Crippen LogP contribution in [0.3, 0.4) is 0 Å². The summed E-state index contributed by atoms with van der Waals surface area (Å²) >= 11 is 9.32. The van der Waals surface area contributed by atoms with E-state index in [4.69, 9.17) is 16.3 Å². The fourth-order valence-electron chi connectivity index (χ4n) is 1.37. The zero-order chi connectivity index (χ0) is 10.2. The Kier molecular flexibility index (Phi) is 2.73. The predicted octanol–water partition coefficient (Wildman–Crippen LogP) is 2.84. The maximum atomic E-state index is 5.89. The molecule has 1 heterocycles. The highest BCUT2D eigenvalue weighted by molar-refractivity contribution is 9.10. The van der Waals surface area contributed by atoms with Crippen molar-refractivity contribution in [1.29, 1.82) is 0 Å². The number of rotatable bonds is 2. The summed E-state index contributed by atoms with van der Waals surface area (Å²) in [5.41, 5.74) is -0.0901. The van der Waals surface area contributed by atoms with E-state index >= 15 is 0 Å². The molecule has 1 saturated heterocycles. The van der Waals surface area contributed by atoms with E-state index in [-0.39, 0.29) is 5.60 Å². The monoisotopic (exact) mass is 275 g/mol. The van der Waals surface area contributed by atoms with E-state index in [1.54, 1.807) is 0 Å². The molecular weight excluding hydrogens is 265 g/mol. The molecule has 1 aromatic rings. The summed E-state index contributed by atoms with van der Waals surface area (Å²) in [6.45, 7) is 3.84. The van der Waals surface area contributed by atoms with Crippen LogP contribution in [0.2, 0.25) is 5.02 Å². The van der Waals surface area contributed by atoms with E-state index in [1.165, 1.54) is 0 Å². The SMILES string of the molecule is CC1(Oc2cc(Cl)ccc2Br)CNC1. The number of halogens is 2. The highest BCUT2D eigenvalue weighted by Crippen LogP contribution is 2.31. The Morgan fingerprint density at radius 3 is 2.79 bits per heavy atom. The van der Waals surface area contributed by atoms with Crippen LogP contribution in [0, 0.1) is 0 Å². The quantitative estimate of drug-likeness (QED) is 0.897. The summed E-state index contributed by atoms with van der Waals surface area (Å²) in [5.74, 6) is 0.807. The van der Waals surface area contributed by atoms with Gasteiger partial charge in [-0.25, -0.2) is 0 Å². The first-order chi connectivity index (χ1) is 6.59. The molecule has 1 N–H and O–H groups in total. The highest BCUT2D eigenvalue weighted by Gasteiger charge is 2.34. The van der Waals surface area contributed by atoms with Gasteiger partial charge >= 0.3 is 0 Å². The largest absolute Gasteiger partial charge is 0.484 e. The van der Waals surface area contributed by atoms with Gasteiger partial charge in [0.05, 0.1) is 4.47 Å². The molecule has 0 spiro atoms. The third-order valence-corrected chi connectivity index (χ3v) is 3.14. The molecule has 0 amide bonds. The van der Waals surface area contributed by atoms with Gasteiger partial charge in [-0.15, -0.1) is 0 Å². The predicted molar refractivity (Wildman–Crippen MR) is 61.1 cm³/mol. The Morgan fingerprint density at radius 1 is 1.50 bits per heavy atom. The second-order valence-electron chi connectivity index (χ2n) is 3.73. The van der Waals surface area contributed by atoms with Crippen LogP contribution in [0.15, 0.2) is 22.7 Å². The average Bonchev–Trinajstić information content (AvgIpc) is 2.09. The fourth-order valence-corrected chi connectivity index (χ4v) is 1.86. The minimum atomic E-state index is -0.0901. The van der Waals surface area contributed by atoms with Gasteiger partial charge in [-0.1, -0.05) is 11.6 Å². The van der Waals surface area contributed by atoms with E-state index in [0.717, 1.165) is 23.3 Å². The first kappa shape index (κ1) is 10.3. The fraction of sp³-hybridized carbons (Fsp3) is 0.400. The first-order valence-corrected chi connectivity index (χ1v) is 5.61. The Balaban J connectivity index is 2.19. The van der Waals surface area contributed by atoms with Crippen molar-refractivity contribution in [3.63, 3.8) is 0 Å². The van der Waals surface area contributed by atoms with Crippen molar-refractivity contribution in [2.45, 2.75) is 12.5 Å². The average molecular weight is 277 g/mol. The van der Waals surface area contributed by atoms with Crippen molar-refractivity contribution in [3.8, 4) is 5.75 Å². The van der Waals surface area contributed by atoms with Crippen molar-refractivity contribution >= 4 is 27.5 Å². The topological polar surface area (TPSA) is 21.3 Å². The summed E-state index contributed by atoms with van der Waals surface area (Å²) < 4.78 is 6.80. The van der Waals surface area contributed by atoms with Gasteiger partial charge in [0.1, 0.15) is 11.4 Å². The van der Waals surface area contributed by atoms with E-state index in [2.05, 4.69) is 28.2 Å². The van der Waals surface area contributed by atoms with Crippen molar-refractivity contribution < 1.29 is 4.74 Å². The summed E-state index contributed by atoms with van der Waals surface area (Å²) in [4.78, 5) is 0. The molecule has 4 heteroatoms. The van der Waals surface area contributed by atoms with Gasteiger partial charge in [0, 0.05) is 18.1 Å². The molecule has 1 aliphatic rings. The van der Waals surface area contributed by atoms with Gasteiger partial charge in [-0.05, 0) is 41.1 Å². The smallest absolute Gasteiger partial charge is 0.135 e. The minimum Gasteiger partial charge on any atom is -0.484 e. The molecule has 76 valence electrons. The number of ether oxygens (including phenoxy) is 1. The number of hydrogen-bond donors (Lipinski definition) is 1. The zero-order valence-corrected chi connectivity index (χ0v) is 10.2. The molecule has 1 aliphatic heterocycles. The molecule has 0 aromatic heterocycles. The molecule has 0 bridgehead atoms. The van der Waals surface area contributed by atoms with Crippen LogP contribution in [0.1, 0.15) is 6.92 Å². The second kappa shape index (κ2) is 3.72. The number of nitrogens with one attached hydrogen (secondary N) is 1. The molecule has 14 heavy (non-hydrogen) atoms. The van der Waals surface area contributed by atoms with Gasteiger partial charge in [0.2, 0.25) is 0 Å². The normalized spacial score (nSPS) is 18.8. The van der Waals surface area contributed by atoms with E-state index in [0.29, 0.717) is 5.02 Å². The van der Waals surface area contributed by atoms with Gasteiger partial charge < -0.3 is 10.1 Å². The molecule has 0 atom stereocenters. The lowest BCUT2D eigenvalue weighted by atomic mass is 10.00. The van der Waals surface area contributed by atoms with Gasteiger partial charge in [0.15, 0.2) is 0 Å². The summed E-state index contributed by atoms with van der Waals surface area (Å²) in [7, 11) is 0.